The predicted molar refractivity (Wildman–Crippen MR) is 92.0 cm³/mol. The van der Waals surface area contributed by atoms with Gasteiger partial charge in [-0.15, -0.1) is 0 Å². The fourth-order valence-electron chi connectivity index (χ4n) is 5.99. The van der Waals surface area contributed by atoms with Gasteiger partial charge >= 0.3 is 0 Å². The van der Waals surface area contributed by atoms with E-state index in [4.69, 9.17) is 4.74 Å². The maximum Gasteiger partial charge on any atom is 0.166 e. The van der Waals surface area contributed by atoms with Gasteiger partial charge in [0.1, 0.15) is 0 Å². The fourth-order valence-corrected chi connectivity index (χ4v) is 5.99. The van der Waals surface area contributed by atoms with Gasteiger partial charge < -0.3 is 4.74 Å². The van der Waals surface area contributed by atoms with Gasteiger partial charge in [0.25, 0.3) is 0 Å². The van der Waals surface area contributed by atoms with Crippen LogP contribution in [0.3, 0.4) is 0 Å². The van der Waals surface area contributed by atoms with Crippen LogP contribution in [0, 0.1) is 22.2 Å². The molecule has 2 bridgehead atoms. The first-order chi connectivity index (χ1) is 10.7. The van der Waals surface area contributed by atoms with Crippen LogP contribution in [0.5, 0.6) is 0 Å². The Hall–Kier alpha value is -1.15. The van der Waals surface area contributed by atoms with Gasteiger partial charge in [0.05, 0.1) is 11.5 Å². The summed E-state index contributed by atoms with van der Waals surface area (Å²) in [5, 5.41) is 0. The van der Waals surface area contributed by atoms with Gasteiger partial charge in [-0.05, 0) is 79.9 Å². The van der Waals surface area contributed by atoms with Crippen molar-refractivity contribution in [1.29, 1.82) is 0 Å². The highest BCUT2D eigenvalue weighted by atomic mass is 16.5. The van der Waals surface area contributed by atoms with Gasteiger partial charge in [0.15, 0.2) is 5.78 Å². The van der Waals surface area contributed by atoms with Gasteiger partial charge in [-0.1, -0.05) is 25.2 Å². The molecular weight excluding hydrogens is 284 g/mol. The summed E-state index contributed by atoms with van der Waals surface area (Å²) in [6.45, 7) is 10.9. The Balaban J connectivity index is 1.84. The largest absolute Gasteiger partial charge is 0.376 e. The standard InChI is InChI=1S/C21H28O2/c1-13-11-21-9-7-15-14(10-17(22)19(15,2)3)18(23-5)16(21)6-8-20(13,4)12-21/h7,10,16,18H,1,6,8-9,11-12H2,2-5H3/t16-,18+,20-,21-/m0/s1. The highest BCUT2D eigenvalue weighted by Gasteiger charge is 2.59. The second-order valence-electron chi connectivity index (χ2n) is 9.09. The zero-order chi connectivity index (χ0) is 16.6. The molecule has 0 amide bonds. The molecule has 23 heavy (non-hydrogen) atoms. The summed E-state index contributed by atoms with van der Waals surface area (Å²) < 4.78 is 6.02. The van der Waals surface area contributed by atoms with Crippen molar-refractivity contribution >= 4 is 5.78 Å². The number of methoxy groups -OCH3 is 1. The molecule has 0 unspecified atom stereocenters. The van der Waals surface area contributed by atoms with E-state index < -0.39 is 5.41 Å². The topological polar surface area (TPSA) is 26.3 Å². The first-order valence-corrected chi connectivity index (χ1v) is 8.92. The Kier molecular flexibility index (Phi) is 2.99. The molecule has 0 N–H and O–H groups in total. The fraction of sp³-hybridized carbons (Fsp3) is 0.667. The van der Waals surface area contributed by atoms with Crippen LogP contribution < -0.4 is 0 Å². The molecular formula is C21H28O2. The second kappa shape index (κ2) is 4.47. The van der Waals surface area contributed by atoms with Crippen molar-refractivity contribution in [2.75, 3.05) is 7.11 Å². The lowest BCUT2D eigenvalue weighted by Gasteiger charge is -2.45. The second-order valence-corrected chi connectivity index (χ2v) is 9.09. The third-order valence-corrected chi connectivity index (χ3v) is 7.48. The van der Waals surface area contributed by atoms with E-state index >= 15 is 0 Å². The first kappa shape index (κ1) is 15.4. The maximum absolute atomic E-state index is 12.5. The molecule has 2 saturated carbocycles. The third kappa shape index (κ3) is 1.82. The number of carbonyl (C=O) groups excluding carboxylic acids is 1. The molecule has 2 nitrogen and oxygen atoms in total. The van der Waals surface area contributed by atoms with Crippen molar-refractivity contribution in [3.05, 3.63) is 35.5 Å². The van der Waals surface area contributed by atoms with Crippen molar-refractivity contribution < 1.29 is 9.53 Å². The van der Waals surface area contributed by atoms with Crippen LogP contribution in [0.2, 0.25) is 0 Å². The number of ether oxygens (including phenoxy) is 1. The molecule has 4 rings (SSSR count). The van der Waals surface area contributed by atoms with Crippen LogP contribution in [0.25, 0.3) is 0 Å². The quantitative estimate of drug-likeness (QED) is 0.660. The van der Waals surface area contributed by atoms with E-state index in [-0.39, 0.29) is 17.3 Å². The molecule has 0 saturated heterocycles. The molecule has 4 atom stereocenters. The Morgan fingerprint density at radius 1 is 1.30 bits per heavy atom. The molecule has 0 aliphatic heterocycles. The van der Waals surface area contributed by atoms with Crippen LogP contribution in [0.15, 0.2) is 35.5 Å². The number of carbonyl (C=O) groups is 1. The zero-order valence-corrected chi connectivity index (χ0v) is 14.9. The van der Waals surface area contributed by atoms with Gasteiger partial charge in [0.2, 0.25) is 0 Å². The Morgan fingerprint density at radius 2 is 2.04 bits per heavy atom. The summed E-state index contributed by atoms with van der Waals surface area (Å²) in [6, 6.07) is 0. The Bertz CT molecular complexity index is 665. The summed E-state index contributed by atoms with van der Waals surface area (Å²) in [7, 11) is 1.81. The molecule has 4 aliphatic rings. The minimum Gasteiger partial charge on any atom is -0.376 e. The summed E-state index contributed by atoms with van der Waals surface area (Å²) in [5.41, 5.74) is 4.01. The molecule has 124 valence electrons. The molecule has 2 fully saturated rings. The monoisotopic (exact) mass is 312 g/mol. The van der Waals surface area contributed by atoms with Gasteiger partial charge in [-0.25, -0.2) is 0 Å². The molecule has 0 heterocycles. The van der Waals surface area contributed by atoms with E-state index in [0.29, 0.717) is 11.3 Å². The summed E-state index contributed by atoms with van der Waals surface area (Å²) in [5.74, 6) is 0.731. The van der Waals surface area contributed by atoms with Gasteiger partial charge in [-0.2, -0.15) is 0 Å². The molecule has 0 radical (unpaired) electrons. The van der Waals surface area contributed by atoms with E-state index in [1.165, 1.54) is 30.4 Å². The van der Waals surface area contributed by atoms with Crippen molar-refractivity contribution in [1.82, 2.24) is 0 Å². The van der Waals surface area contributed by atoms with Crippen LogP contribution in [0.1, 0.15) is 52.9 Å². The lowest BCUT2D eigenvalue weighted by molar-refractivity contribution is -0.119. The van der Waals surface area contributed by atoms with E-state index in [0.717, 1.165) is 18.4 Å². The number of hydrogen-bond acceptors (Lipinski definition) is 2. The lowest BCUT2D eigenvalue weighted by Crippen LogP contribution is -2.41. The smallest absolute Gasteiger partial charge is 0.166 e. The number of fused-ring (bicyclic) bond motifs is 2. The summed E-state index contributed by atoms with van der Waals surface area (Å²) in [4.78, 5) is 12.5. The highest BCUT2D eigenvalue weighted by Crippen LogP contribution is 2.67. The molecule has 0 aromatic rings. The van der Waals surface area contributed by atoms with Crippen molar-refractivity contribution in [3.63, 3.8) is 0 Å². The average Bonchev–Trinajstić information content (AvgIpc) is 2.75. The molecule has 1 spiro atoms. The van der Waals surface area contributed by atoms with Crippen molar-refractivity contribution in [2.24, 2.45) is 22.2 Å². The van der Waals surface area contributed by atoms with Gasteiger partial charge in [-0.3, -0.25) is 4.79 Å². The van der Waals surface area contributed by atoms with E-state index in [1.807, 2.05) is 13.2 Å². The first-order valence-electron chi connectivity index (χ1n) is 8.92. The van der Waals surface area contributed by atoms with Crippen molar-refractivity contribution in [2.45, 2.75) is 59.0 Å². The normalized spacial score (nSPS) is 44.3. The Morgan fingerprint density at radius 3 is 2.74 bits per heavy atom. The van der Waals surface area contributed by atoms with E-state index in [9.17, 15) is 4.79 Å². The lowest BCUT2D eigenvalue weighted by atomic mass is 9.60. The highest BCUT2D eigenvalue weighted by molar-refractivity contribution is 6.02. The third-order valence-electron chi connectivity index (χ3n) is 7.48. The SMILES string of the molecule is C=C1C[C@]23CC=C4C(=CC(=O)C4(C)C)[C@@H](OC)[C@@H]2CC[C@@]1(C)C3. The number of hydrogen-bond donors (Lipinski definition) is 0. The minimum atomic E-state index is -0.394. The van der Waals surface area contributed by atoms with Crippen LogP contribution >= 0.6 is 0 Å². The molecule has 0 aromatic carbocycles. The van der Waals surface area contributed by atoms with Crippen LogP contribution in [-0.2, 0) is 9.53 Å². The predicted octanol–water partition coefficient (Wildman–Crippen LogP) is 4.62. The van der Waals surface area contributed by atoms with Crippen LogP contribution in [0.4, 0.5) is 0 Å². The molecule has 4 aliphatic carbocycles. The zero-order valence-electron chi connectivity index (χ0n) is 14.9. The van der Waals surface area contributed by atoms with Gasteiger partial charge in [0, 0.05) is 7.11 Å². The molecule has 2 heteroatoms. The number of rotatable bonds is 1. The maximum atomic E-state index is 12.5. The van der Waals surface area contributed by atoms with Crippen molar-refractivity contribution in [3.8, 4) is 0 Å². The number of ketones is 1. The summed E-state index contributed by atoms with van der Waals surface area (Å²) in [6.07, 6.45) is 10.1. The van der Waals surface area contributed by atoms with E-state index in [2.05, 4.69) is 33.4 Å². The van der Waals surface area contributed by atoms with E-state index in [1.54, 1.807) is 0 Å². The number of allylic oxidation sites excluding steroid dienone is 3. The summed E-state index contributed by atoms with van der Waals surface area (Å²) >= 11 is 0. The average molecular weight is 312 g/mol. The Labute approximate surface area is 139 Å². The minimum absolute atomic E-state index is 0.0601. The van der Waals surface area contributed by atoms with Crippen LogP contribution in [-0.4, -0.2) is 19.0 Å². The molecule has 0 aromatic heterocycles.